The Bertz CT molecular complexity index is 5080. The van der Waals surface area contributed by atoms with E-state index in [9.17, 15) is 17.3 Å². The third kappa shape index (κ3) is 33.4. The van der Waals surface area contributed by atoms with Crippen LogP contribution in [0.5, 0.6) is 0 Å². The molecule has 0 saturated heterocycles. The Labute approximate surface area is 769 Å². The standard InChI is InChI=1S/8C10H8Cl2N.4BFO2/c8*1-13-9-4-3-8(11)6-7(9)2-5-10(13)12;4*2-1(3)4/h8*2-6H,1H3;;;;/q8*+1;4*-2. The number of halogens is 20. The normalized spacial score (nSPS) is 10.2. The van der Waals surface area contributed by atoms with Crippen molar-refractivity contribution in [2.24, 2.45) is 56.4 Å². The van der Waals surface area contributed by atoms with Gasteiger partial charge < -0.3 is 57.5 Å². The first-order valence-corrected chi connectivity index (χ1v) is 40.2. The molecule has 0 spiro atoms. The van der Waals surface area contributed by atoms with Crippen LogP contribution in [0.15, 0.2) is 243 Å². The molecule has 0 unspecified atom stereocenters. The van der Waals surface area contributed by atoms with Gasteiger partial charge in [-0.2, -0.15) is 36.5 Å². The highest BCUT2D eigenvalue weighted by Crippen LogP contribution is 2.26. The molecule has 16 nitrogen and oxygen atoms in total. The summed E-state index contributed by atoms with van der Waals surface area (Å²) in [6, 6.07) is 76.6. The second-order valence-electron chi connectivity index (χ2n) is 24.4. The van der Waals surface area contributed by atoms with E-state index in [0.29, 0.717) is 0 Å². The van der Waals surface area contributed by atoms with E-state index in [0.717, 1.165) is 169 Å². The molecule has 0 bridgehead atoms. The molecular formula is C80H64B4Cl16F4N8O8. The molecule has 0 atom stereocenters. The molecule has 0 aliphatic heterocycles. The minimum atomic E-state index is -3.17. The van der Waals surface area contributed by atoms with Crippen LogP contribution >= 0.6 is 186 Å². The van der Waals surface area contributed by atoms with Crippen molar-refractivity contribution >= 4 is 302 Å². The Kier molecular flexibility index (Phi) is 44.1. The summed E-state index contributed by atoms with van der Waals surface area (Å²) in [7, 11) is 2.77. The Morgan fingerprint density at radius 1 is 0.167 bits per heavy atom. The number of aryl methyl sites for hydroxylation is 8. The first kappa shape index (κ1) is 104. The van der Waals surface area contributed by atoms with Gasteiger partial charge in [0.25, 0.3) is 41.2 Å². The molecule has 16 rings (SSSR count). The Hall–Kier alpha value is -6.66. The monoisotopic (exact) mass is 1940 g/mol. The lowest BCUT2D eigenvalue weighted by molar-refractivity contribution is -0.642. The van der Waals surface area contributed by atoms with Crippen LogP contribution in [-0.2, 0) is 56.4 Å². The topological polar surface area (TPSA) is 216 Å². The summed E-state index contributed by atoms with van der Waals surface area (Å²) < 4.78 is 54.9. The van der Waals surface area contributed by atoms with Gasteiger partial charge in [0.15, 0.2) is 0 Å². The summed E-state index contributed by atoms with van der Waals surface area (Å²) in [6.45, 7) is 0. The summed E-state index contributed by atoms with van der Waals surface area (Å²) in [4.78, 5) is 0. The quantitative estimate of drug-likeness (QED) is 0.0614. The fourth-order valence-electron chi connectivity index (χ4n) is 10.8. The lowest BCUT2D eigenvalue weighted by Crippen LogP contribution is -2.39. The third-order valence-corrected chi connectivity index (χ3v) is 21.5. The highest BCUT2D eigenvalue weighted by atomic mass is 35.5. The fourth-order valence-corrected chi connectivity index (χ4v) is 13.5. The number of hydrogen-bond acceptors (Lipinski definition) is 8. The van der Waals surface area contributed by atoms with Gasteiger partial charge in [0.05, 0.1) is 0 Å². The fraction of sp³-hybridized carbons (Fsp3) is 0.100. The zero-order valence-corrected chi connectivity index (χ0v) is 75.9. The van der Waals surface area contributed by atoms with Crippen molar-refractivity contribution in [3.63, 3.8) is 0 Å². The molecule has 0 aliphatic carbocycles. The van der Waals surface area contributed by atoms with Gasteiger partial charge in [-0.15, -0.1) is 0 Å². The minimum absolute atomic E-state index is 0.717. The highest BCUT2D eigenvalue weighted by molar-refractivity contribution is 6.36. The van der Waals surface area contributed by atoms with Gasteiger partial charge in [0, 0.05) is 180 Å². The molecule has 0 N–H and O–H groups in total. The maximum atomic E-state index is 9.89. The van der Waals surface area contributed by atoms with E-state index >= 15 is 0 Å². The second kappa shape index (κ2) is 50.9. The van der Waals surface area contributed by atoms with E-state index < -0.39 is 29.6 Å². The lowest BCUT2D eigenvalue weighted by Gasteiger charge is -2.09. The number of hydrogen-bond donors (Lipinski definition) is 0. The predicted octanol–water partition coefficient (Wildman–Crippen LogP) is 14.4. The van der Waals surface area contributed by atoms with Gasteiger partial charge in [-0.05, 0) is 238 Å². The van der Waals surface area contributed by atoms with Gasteiger partial charge in [0.1, 0.15) is 86.0 Å². The number of benzene rings is 8. The molecule has 16 aromatic rings. The van der Waals surface area contributed by atoms with Crippen LogP contribution in [0.2, 0.25) is 81.4 Å². The van der Waals surface area contributed by atoms with Gasteiger partial charge in [-0.1, -0.05) is 92.8 Å². The highest BCUT2D eigenvalue weighted by Gasteiger charge is 2.16. The van der Waals surface area contributed by atoms with Crippen molar-refractivity contribution < 1.29 is 94.0 Å². The SMILES string of the molecule is C[n+]1c(Cl)ccc2cc(Cl)ccc21.C[n+]1c(Cl)ccc2cc(Cl)ccc21.C[n+]1c(Cl)ccc2cc(Cl)ccc21.C[n+]1c(Cl)ccc2cc(Cl)ccc21.C[n+]1c(Cl)ccc2cc(Cl)ccc21.C[n+]1c(Cl)ccc2cc(Cl)ccc21.C[n+]1c(Cl)ccc2cc(Cl)ccc21.C[n+]1c(Cl)ccc2cc(Cl)ccc21.[O-]B([O-])F.[O-]B([O-])F.[O-]B([O-])F.[O-]B([O-])F. The number of fused-ring (bicyclic) bond motifs is 8. The van der Waals surface area contributed by atoms with E-state index in [2.05, 4.69) is 0 Å². The summed E-state index contributed by atoms with van der Waals surface area (Å²) in [5.74, 6) is 0. The van der Waals surface area contributed by atoms with Crippen LogP contribution in [0.3, 0.4) is 0 Å². The van der Waals surface area contributed by atoms with E-state index in [1.807, 2.05) is 336 Å². The molecule has 0 fully saturated rings. The largest absolute Gasteiger partial charge is 0.867 e. The first-order chi connectivity index (χ1) is 56.4. The molecule has 120 heavy (non-hydrogen) atoms. The molecule has 0 saturated carbocycles. The average Bonchev–Trinajstić information content (AvgIpc) is 0.870. The maximum absolute atomic E-state index is 9.89. The predicted molar refractivity (Wildman–Crippen MR) is 469 cm³/mol. The minimum Gasteiger partial charge on any atom is -0.867 e. The lowest BCUT2D eigenvalue weighted by atomic mass is 10.2. The molecule has 8 heterocycles. The second-order valence-corrected chi connectivity index (χ2v) is 31.0. The zero-order chi connectivity index (χ0) is 89.7. The van der Waals surface area contributed by atoms with Gasteiger partial charge in [0.2, 0.25) is 44.1 Å². The molecule has 0 amide bonds. The molecule has 40 heteroatoms. The number of rotatable bonds is 0. The van der Waals surface area contributed by atoms with Gasteiger partial charge in [-0.25, -0.2) is 0 Å². The maximum Gasteiger partial charge on any atom is 0.275 e. The Balaban J connectivity index is 0.000000238. The van der Waals surface area contributed by atoms with Crippen LogP contribution < -0.4 is 76.7 Å². The van der Waals surface area contributed by atoms with Gasteiger partial charge in [-0.3, -0.25) is 0 Å². The van der Waals surface area contributed by atoms with Crippen LogP contribution in [0.4, 0.5) is 17.3 Å². The van der Waals surface area contributed by atoms with Crippen molar-refractivity contribution in [2.45, 2.75) is 0 Å². The van der Waals surface area contributed by atoms with Crippen molar-refractivity contribution in [3.8, 4) is 0 Å². The van der Waals surface area contributed by atoms with E-state index in [-0.39, 0.29) is 0 Å². The van der Waals surface area contributed by atoms with Gasteiger partial charge >= 0.3 is 0 Å². The van der Waals surface area contributed by atoms with E-state index in [1.165, 1.54) is 0 Å². The number of pyridine rings is 8. The molecule has 8 aromatic carbocycles. The summed E-state index contributed by atoms with van der Waals surface area (Å²) in [6.07, 6.45) is 0. The molecule has 0 radical (unpaired) electrons. The third-order valence-electron chi connectivity index (χ3n) is 16.6. The Morgan fingerprint density at radius 3 is 0.333 bits per heavy atom. The van der Waals surface area contributed by atoms with E-state index in [4.69, 9.17) is 226 Å². The summed E-state index contributed by atoms with van der Waals surface area (Å²) >= 11 is 94.6. The average molecular weight is 1950 g/mol. The molecular weight excluding hydrogens is 1890 g/mol. The van der Waals surface area contributed by atoms with Crippen LogP contribution in [0.25, 0.3) is 87.2 Å². The Morgan fingerprint density at radius 2 is 0.250 bits per heavy atom. The van der Waals surface area contributed by atoms with Crippen molar-refractivity contribution in [3.05, 3.63) is 324 Å². The number of nitrogens with zero attached hydrogens (tertiary/aromatic N) is 8. The molecule has 624 valence electrons. The van der Waals surface area contributed by atoms with Crippen molar-refractivity contribution in [1.82, 2.24) is 0 Å². The summed E-state index contributed by atoms with van der Waals surface area (Å²) in [5.41, 5.74) is 8.64. The van der Waals surface area contributed by atoms with Crippen molar-refractivity contribution in [1.29, 1.82) is 0 Å². The van der Waals surface area contributed by atoms with Crippen molar-refractivity contribution in [2.75, 3.05) is 0 Å². The smallest absolute Gasteiger partial charge is 0.275 e. The molecule has 0 aliphatic rings. The van der Waals surface area contributed by atoms with Crippen LogP contribution in [0, 0.1) is 0 Å². The number of aromatic nitrogens is 8. The zero-order valence-electron chi connectivity index (χ0n) is 63.8. The van der Waals surface area contributed by atoms with Crippen LogP contribution in [0.1, 0.15) is 0 Å². The first-order valence-electron chi connectivity index (χ1n) is 34.1. The van der Waals surface area contributed by atoms with Crippen LogP contribution in [-0.4, -0.2) is 29.6 Å². The molecule has 8 aromatic heterocycles. The van der Waals surface area contributed by atoms with E-state index in [1.54, 1.807) is 0 Å². The summed E-state index contributed by atoms with van der Waals surface area (Å²) in [5, 5.41) is 86.9.